The zero-order chi connectivity index (χ0) is 21.4. The number of methoxy groups -OCH3 is 1. The first-order valence-electron chi connectivity index (χ1n) is 9.63. The first-order chi connectivity index (χ1) is 14.4. The van der Waals surface area contributed by atoms with Crippen molar-refractivity contribution in [1.29, 1.82) is 0 Å². The molecule has 0 N–H and O–H groups in total. The summed E-state index contributed by atoms with van der Waals surface area (Å²) in [4.78, 5) is 21.6. The number of aromatic nitrogens is 2. The Kier molecular flexibility index (Phi) is 5.62. The Balaban J connectivity index is 1.81. The highest BCUT2D eigenvalue weighted by atomic mass is 35.5. The minimum Gasteiger partial charge on any atom is -0.497 e. The number of carbonyl (C=O) groups excluding carboxylic acids is 1. The first kappa shape index (κ1) is 20.6. The lowest BCUT2D eigenvalue weighted by molar-refractivity contribution is 0.0776. The van der Waals surface area contributed by atoms with Crippen LogP contribution in [0.1, 0.15) is 28.8 Å². The van der Waals surface area contributed by atoms with Crippen LogP contribution in [-0.2, 0) is 13.0 Å². The largest absolute Gasteiger partial charge is 0.497 e. The van der Waals surface area contributed by atoms with E-state index in [-0.39, 0.29) is 5.91 Å². The molecule has 0 bridgehead atoms. The Morgan fingerprint density at radius 2 is 1.87 bits per heavy atom. The number of benzene rings is 2. The maximum absolute atomic E-state index is 13.1. The second-order valence-corrected chi connectivity index (χ2v) is 8.00. The number of anilines is 2. The van der Waals surface area contributed by atoms with Gasteiger partial charge in [-0.2, -0.15) is 0 Å². The van der Waals surface area contributed by atoms with E-state index in [1.165, 1.54) is 0 Å². The van der Waals surface area contributed by atoms with Crippen molar-refractivity contribution in [3.05, 3.63) is 69.6 Å². The summed E-state index contributed by atoms with van der Waals surface area (Å²) in [6, 6.07) is 13.2. The number of carbonyl (C=O) groups is 1. The lowest BCUT2D eigenvalue weighted by Gasteiger charge is -2.34. The molecule has 3 aromatic rings. The van der Waals surface area contributed by atoms with Crippen molar-refractivity contribution in [2.45, 2.75) is 19.9 Å². The molecule has 6 nitrogen and oxygen atoms in total. The Hall–Kier alpha value is -2.70. The number of hydrogen-bond donors (Lipinski definition) is 0. The van der Waals surface area contributed by atoms with Crippen LogP contribution in [0.25, 0.3) is 0 Å². The molecule has 0 spiro atoms. The molecule has 0 saturated carbocycles. The number of fused-ring (bicyclic) bond motifs is 1. The minimum absolute atomic E-state index is 0.0629. The quantitative estimate of drug-likeness (QED) is 0.555. The van der Waals surface area contributed by atoms with Gasteiger partial charge in [-0.15, -0.1) is 0 Å². The van der Waals surface area contributed by atoms with Crippen LogP contribution in [0.15, 0.2) is 42.5 Å². The SMILES string of the molecule is CCc1nc2c(n1Cc1ccc(OC)cc1)C(=O)N(C)CN2c1ccc(Cl)cc1Cl. The summed E-state index contributed by atoms with van der Waals surface area (Å²) in [6.45, 7) is 2.93. The monoisotopic (exact) mass is 444 g/mol. The highest BCUT2D eigenvalue weighted by molar-refractivity contribution is 6.36. The van der Waals surface area contributed by atoms with E-state index in [1.807, 2.05) is 46.7 Å². The van der Waals surface area contributed by atoms with Crippen molar-refractivity contribution >= 4 is 40.6 Å². The van der Waals surface area contributed by atoms with Gasteiger partial charge in [-0.1, -0.05) is 42.3 Å². The van der Waals surface area contributed by atoms with Crippen molar-refractivity contribution < 1.29 is 9.53 Å². The second-order valence-electron chi connectivity index (χ2n) is 7.16. The molecule has 1 aromatic heterocycles. The molecule has 8 heteroatoms. The van der Waals surface area contributed by atoms with Gasteiger partial charge in [0.05, 0.1) is 24.5 Å². The van der Waals surface area contributed by atoms with Crippen molar-refractivity contribution in [2.75, 3.05) is 25.7 Å². The molecule has 2 heterocycles. The zero-order valence-corrected chi connectivity index (χ0v) is 18.5. The van der Waals surface area contributed by atoms with Crippen LogP contribution in [0, 0.1) is 0 Å². The third-order valence-electron chi connectivity index (χ3n) is 5.20. The molecule has 1 amide bonds. The van der Waals surface area contributed by atoms with Crippen LogP contribution in [0.2, 0.25) is 10.0 Å². The van der Waals surface area contributed by atoms with Gasteiger partial charge >= 0.3 is 0 Å². The maximum atomic E-state index is 13.1. The van der Waals surface area contributed by atoms with Gasteiger partial charge in [-0.25, -0.2) is 4.98 Å². The molecule has 4 rings (SSSR count). The van der Waals surface area contributed by atoms with Crippen LogP contribution in [0.3, 0.4) is 0 Å². The van der Waals surface area contributed by atoms with Gasteiger partial charge in [0.25, 0.3) is 5.91 Å². The highest BCUT2D eigenvalue weighted by Crippen LogP contribution is 2.38. The molecular weight excluding hydrogens is 423 g/mol. The molecule has 1 aliphatic rings. The lowest BCUT2D eigenvalue weighted by atomic mass is 10.2. The molecular formula is C22H22Cl2N4O2. The molecule has 0 atom stereocenters. The Morgan fingerprint density at radius 1 is 1.13 bits per heavy atom. The minimum atomic E-state index is -0.0629. The standard InChI is InChI=1S/C22H22Cl2N4O2/c1-4-19-25-21-20(27(19)12-14-5-8-16(30-3)9-6-14)22(29)26(2)13-28(21)18-10-7-15(23)11-17(18)24/h5-11H,4,12-13H2,1-3H3. The fourth-order valence-corrected chi connectivity index (χ4v) is 4.16. The van der Waals surface area contributed by atoms with E-state index in [2.05, 4.69) is 0 Å². The first-order valence-corrected chi connectivity index (χ1v) is 10.4. The number of ether oxygens (including phenoxy) is 1. The van der Waals surface area contributed by atoms with Gasteiger partial charge in [-0.3, -0.25) is 4.79 Å². The Morgan fingerprint density at radius 3 is 2.50 bits per heavy atom. The number of aryl methyl sites for hydroxylation is 1. The van der Waals surface area contributed by atoms with E-state index in [1.54, 1.807) is 31.2 Å². The Bertz CT molecular complexity index is 1100. The molecule has 30 heavy (non-hydrogen) atoms. The summed E-state index contributed by atoms with van der Waals surface area (Å²) in [5.41, 5.74) is 2.38. The van der Waals surface area contributed by atoms with Crippen molar-refractivity contribution in [2.24, 2.45) is 0 Å². The average molecular weight is 445 g/mol. The normalized spacial score (nSPS) is 13.6. The van der Waals surface area contributed by atoms with Gasteiger partial charge in [0.15, 0.2) is 11.5 Å². The van der Waals surface area contributed by atoms with Crippen LogP contribution >= 0.6 is 23.2 Å². The smallest absolute Gasteiger partial charge is 0.275 e. The van der Waals surface area contributed by atoms with Gasteiger partial charge in [-0.05, 0) is 35.9 Å². The third-order valence-corrected chi connectivity index (χ3v) is 5.74. The van der Waals surface area contributed by atoms with Gasteiger partial charge in [0, 0.05) is 25.0 Å². The van der Waals surface area contributed by atoms with Crippen molar-refractivity contribution in [1.82, 2.24) is 14.5 Å². The molecule has 0 aliphatic carbocycles. The number of hydrogen-bond acceptors (Lipinski definition) is 4. The van der Waals surface area contributed by atoms with Crippen molar-refractivity contribution in [3.8, 4) is 5.75 Å². The Labute approximate surface area is 185 Å². The molecule has 2 aromatic carbocycles. The molecule has 156 valence electrons. The van der Waals surface area contributed by atoms with Crippen LogP contribution in [0.4, 0.5) is 11.5 Å². The van der Waals surface area contributed by atoms with E-state index < -0.39 is 0 Å². The van der Waals surface area contributed by atoms with E-state index in [9.17, 15) is 4.79 Å². The highest BCUT2D eigenvalue weighted by Gasteiger charge is 2.35. The number of amides is 1. The summed E-state index contributed by atoms with van der Waals surface area (Å²) < 4.78 is 7.24. The predicted octanol–water partition coefficient (Wildman–Crippen LogP) is 4.99. The summed E-state index contributed by atoms with van der Waals surface area (Å²) in [5.74, 6) is 2.19. The van der Waals surface area contributed by atoms with E-state index >= 15 is 0 Å². The summed E-state index contributed by atoms with van der Waals surface area (Å²) in [5, 5.41) is 1.07. The number of imidazole rings is 1. The van der Waals surface area contributed by atoms with Gasteiger partial charge < -0.3 is 19.1 Å². The molecule has 1 aliphatic heterocycles. The molecule has 0 unspecified atom stereocenters. The fraction of sp³-hybridized carbons (Fsp3) is 0.273. The lowest BCUT2D eigenvalue weighted by Crippen LogP contribution is -2.43. The van der Waals surface area contributed by atoms with Crippen LogP contribution in [-0.4, -0.2) is 41.2 Å². The molecule has 0 saturated heterocycles. The van der Waals surface area contributed by atoms with E-state index in [0.717, 1.165) is 22.8 Å². The van der Waals surface area contributed by atoms with E-state index in [4.69, 9.17) is 32.9 Å². The average Bonchev–Trinajstić information content (AvgIpc) is 3.10. The summed E-state index contributed by atoms with van der Waals surface area (Å²) in [7, 11) is 3.42. The molecule has 0 fully saturated rings. The third kappa shape index (κ3) is 3.61. The summed E-state index contributed by atoms with van der Waals surface area (Å²) in [6.07, 6.45) is 0.697. The number of halogens is 2. The van der Waals surface area contributed by atoms with Gasteiger partial charge in [0.1, 0.15) is 11.6 Å². The molecule has 0 radical (unpaired) electrons. The zero-order valence-electron chi connectivity index (χ0n) is 17.0. The van der Waals surface area contributed by atoms with Crippen LogP contribution < -0.4 is 9.64 Å². The van der Waals surface area contributed by atoms with Crippen molar-refractivity contribution in [3.63, 3.8) is 0 Å². The fourth-order valence-electron chi connectivity index (χ4n) is 3.65. The maximum Gasteiger partial charge on any atom is 0.275 e. The number of nitrogens with zero attached hydrogens (tertiary/aromatic N) is 4. The number of rotatable bonds is 5. The van der Waals surface area contributed by atoms with E-state index in [0.29, 0.717) is 41.2 Å². The van der Waals surface area contributed by atoms with Crippen LogP contribution in [0.5, 0.6) is 5.75 Å². The second kappa shape index (κ2) is 8.20. The predicted molar refractivity (Wildman–Crippen MR) is 119 cm³/mol. The van der Waals surface area contributed by atoms with Gasteiger partial charge in [0.2, 0.25) is 0 Å². The summed E-state index contributed by atoms with van der Waals surface area (Å²) >= 11 is 12.6. The topological polar surface area (TPSA) is 50.6 Å².